The second-order valence-corrected chi connectivity index (χ2v) is 8.50. The van der Waals surface area contributed by atoms with Crippen LogP contribution in [0.5, 0.6) is 0 Å². The Hall–Kier alpha value is -1.84. The average Bonchev–Trinajstić information content (AvgIpc) is 2.99. The van der Waals surface area contributed by atoms with Gasteiger partial charge in [-0.15, -0.1) is 0 Å². The first-order valence-corrected chi connectivity index (χ1v) is 10.8. The van der Waals surface area contributed by atoms with Gasteiger partial charge in [0.15, 0.2) is 0 Å². The number of nitrogens with zero attached hydrogens (tertiary/aromatic N) is 2. The molecular weight excluding hydrogens is 368 g/mol. The van der Waals surface area contributed by atoms with Crippen LogP contribution in [0.3, 0.4) is 0 Å². The number of allylic oxidation sites excluding steroid dienone is 1. The molecule has 0 saturated carbocycles. The molecule has 0 aliphatic carbocycles. The van der Waals surface area contributed by atoms with Crippen molar-refractivity contribution in [2.45, 2.75) is 51.6 Å². The normalized spacial score (nSPS) is 23.2. The van der Waals surface area contributed by atoms with E-state index in [0.29, 0.717) is 24.4 Å². The van der Waals surface area contributed by atoms with Gasteiger partial charge in [0.1, 0.15) is 0 Å². The van der Waals surface area contributed by atoms with Crippen LogP contribution in [-0.2, 0) is 4.79 Å². The first-order valence-electron chi connectivity index (χ1n) is 10.5. The quantitative estimate of drug-likeness (QED) is 0.693. The van der Waals surface area contributed by atoms with Crippen LogP contribution in [0.4, 0.5) is 0 Å². The molecule has 2 aromatic carbocycles. The van der Waals surface area contributed by atoms with E-state index in [2.05, 4.69) is 47.1 Å². The molecule has 148 valence electrons. The maximum atomic E-state index is 12.2. The Morgan fingerprint density at radius 1 is 1.11 bits per heavy atom. The van der Waals surface area contributed by atoms with Crippen molar-refractivity contribution in [3.05, 3.63) is 53.1 Å². The minimum absolute atomic E-state index is 0.298. The molecular formula is C24H29ClN2O. The van der Waals surface area contributed by atoms with Crippen LogP contribution in [0, 0.1) is 0 Å². The molecule has 2 atom stereocenters. The minimum Gasteiger partial charge on any atom is -0.341 e. The topological polar surface area (TPSA) is 23.6 Å². The first-order chi connectivity index (χ1) is 13.6. The molecule has 1 amide bonds. The highest BCUT2D eigenvalue weighted by atomic mass is 35.5. The summed E-state index contributed by atoms with van der Waals surface area (Å²) < 4.78 is 0. The standard InChI is InChI=1S/C24H29ClN2O/c1-3-24(28)26-14-13-18-8-9-19(16-26)27(18)15-12-17(2)20-10-11-23(25)22-7-5-4-6-21(20)22/h4-7,10-12,18-19H,3,8-9,13-16H2,1-2H3. The molecule has 2 fully saturated rings. The number of amides is 1. The second-order valence-electron chi connectivity index (χ2n) is 8.09. The second kappa shape index (κ2) is 8.26. The molecule has 3 nitrogen and oxygen atoms in total. The lowest BCUT2D eigenvalue weighted by Crippen LogP contribution is -2.41. The molecule has 0 spiro atoms. The molecule has 28 heavy (non-hydrogen) atoms. The Labute approximate surface area is 173 Å². The van der Waals surface area contributed by atoms with Crippen molar-refractivity contribution in [2.24, 2.45) is 0 Å². The molecule has 2 aliphatic heterocycles. The number of halogens is 1. The lowest BCUT2D eigenvalue weighted by molar-refractivity contribution is -0.131. The summed E-state index contributed by atoms with van der Waals surface area (Å²) in [4.78, 5) is 16.9. The predicted molar refractivity (Wildman–Crippen MR) is 118 cm³/mol. The molecule has 0 N–H and O–H groups in total. The van der Waals surface area contributed by atoms with Gasteiger partial charge in [-0.2, -0.15) is 0 Å². The van der Waals surface area contributed by atoms with Crippen molar-refractivity contribution < 1.29 is 4.79 Å². The molecule has 2 aliphatic rings. The Morgan fingerprint density at radius 3 is 2.64 bits per heavy atom. The van der Waals surface area contributed by atoms with Gasteiger partial charge in [-0.3, -0.25) is 9.69 Å². The van der Waals surface area contributed by atoms with E-state index in [1.807, 2.05) is 19.1 Å². The fourth-order valence-corrected chi connectivity index (χ4v) is 5.11. The number of benzene rings is 2. The van der Waals surface area contributed by atoms with Gasteiger partial charge in [0, 0.05) is 48.5 Å². The summed E-state index contributed by atoms with van der Waals surface area (Å²) in [6, 6.07) is 13.6. The van der Waals surface area contributed by atoms with Crippen LogP contribution in [-0.4, -0.2) is 47.4 Å². The van der Waals surface area contributed by atoms with E-state index in [4.69, 9.17) is 11.6 Å². The first kappa shape index (κ1) is 19.5. The van der Waals surface area contributed by atoms with Gasteiger partial charge in [-0.05, 0) is 48.8 Å². The third-order valence-corrected chi connectivity index (χ3v) is 6.82. The molecule has 2 saturated heterocycles. The zero-order valence-corrected chi connectivity index (χ0v) is 17.6. The zero-order valence-electron chi connectivity index (χ0n) is 16.8. The molecule has 0 radical (unpaired) electrons. The van der Waals surface area contributed by atoms with Crippen molar-refractivity contribution in [1.82, 2.24) is 9.80 Å². The van der Waals surface area contributed by atoms with Crippen LogP contribution in [0.2, 0.25) is 5.02 Å². The Kier molecular flexibility index (Phi) is 5.75. The largest absolute Gasteiger partial charge is 0.341 e. The van der Waals surface area contributed by atoms with Gasteiger partial charge < -0.3 is 4.90 Å². The van der Waals surface area contributed by atoms with Gasteiger partial charge in [-0.1, -0.05) is 54.9 Å². The van der Waals surface area contributed by atoms with Crippen molar-refractivity contribution in [1.29, 1.82) is 0 Å². The molecule has 4 rings (SSSR count). The van der Waals surface area contributed by atoms with Gasteiger partial charge in [0.2, 0.25) is 5.91 Å². The van der Waals surface area contributed by atoms with Gasteiger partial charge >= 0.3 is 0 Å². The number of carbonyl (C=O) groups excluding carboxylic acids is 1. The summed E-state index contributed by atoms with van der Waals surface area (Å²) in [6.45, 7) is 6.91. The number of hydrogen-bond acceptors (Lipinski definition) is 2. The lowest BCUT2D eigenvalue weighted by atomic mass is 9.99. The van der Waals surface area contributed by atoms with E-state index >= 15 is 0 Å². The molecule has 2 bridgehead atoms. The Balaban J connectivity index is 1.54. The van der Waals surface area contributed by atoms with E-state index in [1.54, 1.807) is 0 Å². The summed E-state index contributed by atoms with van der Waals surface area (Å²) in [5, 5.41) is 3.12. The van der Waals surface area contributed by atoms with Gasteiger partial charge in [-0.25, -0.2) is 0 Å². The lowest BCUT2D eigenvalue weighted by Gasteiger charge is -2.28. The smallest absolute Gasteiger partial charge is 0.222 e. The van der Waals surface area contributed by atoms with Crippen LogP contribution in [0.15, 0.2) is 42.5 Å². The zero-order chi connectivity index (χ0) is 19.7. The number of likely N-dealkylation sites (tertiary alicyclic amines) is 1. The van der Waals surface area contributed by atoms with Crippen molar-refractivity contribution in [2.75, 3.05) is 19.6 Å². The van der Waals surface area contributed by atoms with Crippen molar-refractivity contribution >= 4 is 33.9 Å². The highest BCUT2D eigenvalue weighted by Gasteiger charge is 2.37. The predicted octanol–water partition coefficient (Wildman–Crippen LogP) is 5.37. The van der Waals surface area contributed by atoms with E-state index in [-0.39, 0.29) is 0 Å². The van der Waals surface area contributed by atoms with Crippen LogP contribution in [0.1, 0.15) is 45.1 Å². The Morgan fingerprint density at radius 2 is 1.86 bits per heavy atom. The minimum atomic E-state index is 0.298. The van der Waals surface area contributed by atoms with E-state index < -0.39 is 0 Å². The SMILES string of the molecule is CCC(=O)N1CCC2CCC(C1)N2CC=C(C)c1ccc(Cl)c2ccccc12. The number of fused-ring (bicyclic) bond motifs is 3. The van der Waals surface area contributed by atoms with Gasteiger partial charge in [0.05, 0.1) is 0 Å². The number of hydrogen-bond donors (Lipinski definition) is 0. The molecule has 0 aromatic heterocycles. The van der Waals surface area contributed by atoms with Crippen LogP contribution >= 0.6 is 11.6 Å². The Bertz CT molecular complexity index is 907. The van der Waals surface area contributed by atoms with Crippen molar-refractivity contribution in [3.63, 3.8) is 0 Å². The van der Waals surface area contributed by atoms with Crippen LogP contribution in [0.25, 0.3) is 16.3 Å². The fourth-order valence-electron chi connectivity index (χ4n) is 4.88. The molecule has 4 heteroatoms. The number of rotatable bonds is 4. The molecule has 2 unspecified atom stereocenters. The third kappa shape index (κ3) is 3.70. The highest BCUT2D eigenvalue weighted by molar-refractivity contribution is 6.35. The number of carbonyl (C=O) groups is 1. The maximum Gasteiger partial charge on any atom is 0.222 e. The maximum absolute atomic E-state index is 12.2. The summed E-state index contributed by atoms with van der Waals surface area (Å²) >= 11 is 6.39. The van der Waals surface area contributed by atoms with Crippen LogP contribution < -0.4 is 0 Å². The summed E-state index contributed by atoms with van der Waals surface area (Å²) in [7, 11) is 0. The summed E-state index contributed by atoms with van der Waals surface area (Å²) in [5.74, 6) is 0.298. The van der Waals surface area contributed by atoms with Gasteiger partial charge in [0.25, 0.3) is 0 Å². The van der Waals surface area contributed by atoms with E-state index in [1.165, 1.54) is 29.4 Å². The molecule has 2 heterocycles. The fraction of sp³-hybridized carbons (Fsp3) is 0.458. The van der Waals surface area contributed by atoms with Crippen molar-refractivity contribution in [3.8, 4) is 0 Å². The monoisotopic (exact) mass is 396 g/mol. The van der Waals surface area contributed by atoms with E-state index in [0.717, 1.165) is 36.5 Å². The average molecular weight is 397 g/mol. The molecule has 2 aromatic rings. The summed E-state index contributed by atoms with van der Waals surface area (Å²) in [5.41, 5.74) is 2.54. The highest BCUT2D eigenvalue weighted by Crippen LogP contribution is 2.33. The summed E-state index contributed by atoms with van der Waals surface area (Å²) in [6.07, 6.45) is 6.53. The third-order valence-electron chi connectivity index (χ3n) is 6.49. The van der Waals surface area contributed by atoms with E-state index in [9.17, 15) is 4.79 Å².